The molecule has 2 aromatic carbocycles. The molecule has 5 heteroatoms. The van der Waals surface area contributed by atoms with Crippen LogP contribution >= 0.6 is 0 Å². The Hall–Kier alpha value is -2.40. The van der Waals surface area contributed by atoms with Crippen LogP contribution in [0.2, 0.25) is 0 Å². The number of ether oxygens (including phenoxy) is 1. The first kappa shape index (κ1) is 17.0. The van der Waals surface area contributed by atoms with Crippen molar-refractivity contribution in [1.29, 1.82) is 0 Å². The summed E-state index contributed by atoms with van der Waals surface area (Å²) in [4.78, 5) is 1.92. The Labute approximate surface area is 153 Å². The van der Waals surface area contributed by atoms with Crippen LogP contribution in [0.25, 0.3) is 0 Å². The smallest absolute Gasteiger partial charge is 0.278 e. The molecule has 1 N–H and O–H groups in total. The number of anilines is 1. The Balaban J connectivity index is 1.84. The van der Waals surface area contributed by atoms with Gasteiger partial charge in [0.25, 0.3) is 11.6 Å². The van der Waals surface area contributed by atoms with Crippen molar-refractivity contribution in [3.05, 3.63) is 59.9 Å². The highest BCUT2D eigenvalue weighted by Crippen LogP contribution is 2.39. The zero-order valence-corrected chi connectivity index (χ0v) is 15.0. The molecule has 0 aliphatic carbocycles. The van der Waals surface area contributed by atoms with E-state index in [-0.39, 0.29) is 5.56 Å². The number of aliphatic hydroxyl groups is 1. The number of hydrogen-bond acceptors (Lipinski definition) is 3. The topological polar surface area (TPSA) is 35.7 Å². The maximum atomic E-state index is 14.9. The summed E-state index contributed by atoms with van der Waals surface area (Å²) in [6.45, 7) is 1.25. The maximum Gasteiger partial charge on any atom is 0.278 e. The maximum absolute atomic E-state index is 14.9. The molecule has 136 valence electrons. The van der Waals surface area contributed by atoms with Crippen LogP contribution in [0.4, 0.5) is 10.1 Å². The normalized spacial score (nSPS) is 23.0. The van der Waals surface area contributed by atoms with Crippen molar-refractivity contribution in [1.82, 2.24) is 0 Å². The van der Waals surface area contributed by atoms with Gasteiger partial charge in [0.2, 0.25) is 0 Å². The molecule has 1 unspecified atom stereocenters. The van der Waals surface area contributed by atoms with Crippen LogP contribution < -0.4 is 9.64 Å². The third-order valence-corrected chi connectivity index (χ3v) is 5.35. The van der Waals surface area contributed by atoms with Crippen molar-refractivity contribution in [2.45, 2.75) is 31.4 Å². The molecule has 0 fully saturated rings. The SMILES string of the molecule is COc1ccc(C2(O)C[N+]3=C(CCCCC3)N2c2ccccc2)c(F)c1. The van der Waals surface area contributed by atoms with Gasteiger partial charge in [-0.3, -0.25) is 4.58 Å². The van der Waals surface area contributed by atoms with E-state index in [0.29, 0.717) is 12.3 Å². The van der Waals surface area contributed by atoms with E-state index in [0.717, 1.165) is 37.3 Å². The van der Waals surface area contributed by atoms with Crippen LogP contribution in [0, 0.1) is 5.82 Å². The molecule has 0 saturated heterocycles. The molecule has 2 aliphatic rings. The first-order chi connectivity index (χ1) is 12.6. The van der Waals surface area contributed by atoms with Crippen molar-refractivity contribution in [3.63, 3.8) is 0 Å². The molecule has 2 aliphatic heterocycles. The molecule has 0 bridgehead atoms. The van der Waals surface area contributed by atoms with Gasteiger partial charge in [-0.15, -0.1) is 0 Å². The van der Waals surface area contributed by atoms with Crippen LogP contribution in [0.15, 0.2) is 48.5 Å². The van der Waals surface area contributed by atoms with Gasteiger partial charge in [0.05, 0.1) is 19.2 Å². The van der Waals surface area contributed by atoms with E-state index in [1.54, 1.807) is 12.1 Å². The van der Waals surface area contributed by atoms with Gasteiger partial charge in [-0.1, -0.05) is 18.2 Å². The van der Waals surface area contributed by atoms with Crippen molar-refractivity contribution in [2.75, 3.05) is 25.1 Å². The summed E-state index contributed by atoms with van der Waals surface area (Å²) in [6.07, 6.45) is 4.23. The minimum atomic E-state index is -1.44. The van der Waals surface area contributed by atoms with E-state index >= 15 is 0 Å². The fourth-order valence-corrected chi connectivity index (χ4v) is 4.12. The predicted molar refractivity (Wildman–Crippen MR) is 99.2 cm³/mol. The summed E-state index contributed by atoms with van der Waals surface area (Å²) in [7, 11) is 1.51. The number of methoxy groups -OCH3 is 1. The van der Waals surface area contributed by atoms with Crippen molar-refractivity contribution >= 4 is 11.5 Å². The van der Waals surface area contributed by atoms with Crippen LogP contribution in [0.3, 0.4) is 0 Å². The standard InChI is InChI=1S/C21H24FN2O2/c1-26-17-11-12-18(19(22)14-17)21(25)15-23-13-7-3-6-10-20(23)24(21)16-8-4-2-5-9-16/h2,4-5,8-9,11-12,14,25H,3,6-7,10,13,15H2,1H3/q+1. The van der Waals surface area contributed by atoms with E-state index in [9.17, 15) is 9.50 Å². The lowest BCUT2D eigenvalue weighted by atomic mass is 9.99. The molecular formula is C21H24FN2O2+. The largest absolute Gasteiger partial charge is 0.497 e. The Kier molecular flexibility index (Phi) is 4.41. The van der Waals surface area contributed by atoms with Crippen molar-refractivity contribution in [2.24, 2.45) is 0 Å². The Morgan fingerprint density at radius 2 is 1.92 bits per heavy atom. The number of hydrogen-bond donors (Lipinski definition) is 1. The highest BCUT2D eigenvalue weighted by molar-refractivity contribution is 5.97. The van der Waals surface area contributed by atoms with E-state index in [1.165, 1.54) is 19.6 Å². The summed E-state index contributed by atoms with van der Waals surface area (Å²) < 4.78 is 22.2. The number of rotatable bonds is 3. The number of benzene rings is 2. The molecule has 0 spiro atoms. The molecule has 0 saturated carbocycles. The van der Waals surface area contributed by atoms with Gasteiger partial charge < -0.3 is 9.84 Å². The fourth-order valence-electron chi connectivity index (χ4n) is 4.12. The zero-order valence-electron chi connectivity index (χ0n) is 15.0. The van der Waals surface area contributed by atoms with Crippen LogP contribution in [0.5, 0.6) is 5.75 Å². The minimum Gasteiger partial charge on any atom is -0.497 e. The van der Waals surface area contributed by atoms with E-state index in [1.807, 2.05) is 35.2 Å². The van der Waals surface area contributed by atoms with Gasteiger partial charge >= 0.3 is 0 Å². The second kappa shape index (κ2) is 6.72. The number of para-hydroxylation sites is 1. The van der Waals surface area contributed by atoms with Crippen LogP contribution in [0.1, 0.15) is 31.2 Å². The Morgan fingerprint density at radius 1 is 1.12 bits per heavy atom. The average Bonchev–Trinajstić information content (AvgIpc) is 2.78. The number of halogens is 1. The molecule has 2 heterocycles. The highest BCUT2D eigenvalue weighted by atomic mass is 19.1. The van der Waals surface area contributed by atoms with Crippen molar-refractivity contribution < 1.29 is 18.8 Å². The lowest BCUT2D eigenvalue weighted by Gasteiger charge is -2.29. The van der Waals surface area contributed by atoms with E-state index in [2.05, 4.69) is 4.58 Å². The summed E-state index contributed by atoms with van der Waals surface area (Å²) in [5, 5.41) is 11.7. The molecule has 4 rings (SSSR count). The van der Waals surface area contributed by atoms with Gasteiger partial charge in [0.1, 0.15) is 17.3 Å². The summed E-state index contributed by atoms with van der Waals surface area (Å²) in [6, 6.07) is 14.4. The summed E-state index contributed by atoms with van der Waals surface area (Å²) in [5.74, 6) is 1.07. The van der Waals surface area contributed by atoms with Gasteiger partial charge in [-0.05, 0) is 43.5 Å². The van der Waals surface area contributed by atoms with Crippen LogP contribution in [-0.2, 0) is 5.72 Å². The monoisotopic (exact) mass is 355 g/mol. The first-order valence-electron chi connectivity index (χ1n) is 9.16. The molecule has 0 amide bonds. The molecule has 1 atom stereocenters. The van der Waals surface area contributed by atoms with Crippen molar-refractivity contribution in [3.8, 4) is 5.75 Å². The highest BCUT2D eigenvalue weighted by Gasteiger charge is 2.55. The third-order valence-electron chi connectivity index (χ3n) is 5.35. The average molecular weight is 355 g/mol. The second-order valence-electron chi connectivity index (χ2n) is 6.98. The lowest BCUT2D eigenvalue weighted by molar-refractivity contribution is -0.534. The Bertz CT molecular complexity index is 837. The molecule has 0 aromatic heterocycles. The Morgan fingerprint density at radius 3 is 2.65 bits per heavy atom. The van der Waals surface area contributed by atoms with E-state index < -0.39 is 11.5 Å². The lowest BCUT2D eigenvalue weighted by Crippen LogP contribution is -2.48. The van der Waals surface area contributed by atoms with E-state index in [4.69, 9.17) is 4.74 Å². The summed E-state index contributed by atoms with van der Waals surface area (Å²) in [5.41, 5.74) is -0.281. The molecule has 2 aromatic rings. The zero-order chi connectivity index (χ0) is 18.1. The fraction of sp³-hybridized carbons (Fsp3) is 0.381. The second-order valence-corrected chi connectivity index (χ2v) is 6.98. The molecule has 4 nitrogen and oxygen atoms in total. The molecule has 0 radical (unpaired) electrons. The third kappa shape index (κ3) is 2.76. The number of amidine groups is 1. The predicted octanol–water partition coefficient (Wildman–Crippen LogP) is 3.48. The van der Waals surface area contributed by atoms with Crippen LogP contribution in [-0.4, -0.2) is 35.7 Å². The minimum absolute atomic E-state index is 0.280. The van der Waals surface area contributed by atoms with Gasteiger partial charge in [0.15, 0.2) is 6.54 Å². The quantitative estimate of drug-likeness (QED) is 0.856. The van der Waals surface area contributed by atoms with Gasteiger partial charge in [0, 0.05) is 12.5 Å². The summed E-state index contributed by atoms with van der Waals surface area (Å²) >= 11 is 0. The molecular weight excluding hydrogens is 331 g/mol. The van der Waals surface area contributed by atoms with Gasteiger partial charge in [-0.2, -0.15) is 4.90 Å². The molecule has 26 heavy (non-hydrogen) atoms. The first-order valence-corrected chi connectivity index (χ1v) is 9.16. The van der Waals surface area contributed by atoms with Gasteiger partial charge in [-0.25, -0.2) is 4.39 Å². The number of nitrogens with zero attached hydrogens (tertiary/aromatic N) is 2.